The number of pyridine rings is 1. The van der Waals surface area contributed by atoms with Gasteiger partial charge in [0.2, 0.25) is 0 Å². The van der Waals surface area contributed by atoms with Crippen molar-refractivity contribution in [3.8, 4) is 5.75 Å². The lowest BCUT2D eigenvalue weighted by molar-refractivity contribution is 0.415. The Bertz CT molecular complexity index is 781. The van der Waals surface area contributed by atoms with Crippen molar-refractivity contribution >= 4 is 23.2 Å². The largest absolute Gasteiger partial charge is 0.495 e. The normalized spacial score (nSPS) is 16.9. The molecule has 0 aliphatic carbocycles. The molecular formula is C21H28ClN5O. The van der Waals surface area contributed by atoms with Crippen molar-refractivity contribution in [2.45, 2.75) is 25.8 Å². The van der Waals surface area contributed by atoms with E-state index in [1.54, 1.807) is 13.3 Å². The number of anilines is 1. The van der Waals surface area contributed by atoms with Gasteiger partial charge in [0.25, 0.3) is 0 Å². The first-order valence-electron chi connectivity index (χ1n) is 9.73. The second-order valence-electron chi connectivity index (χ2n) is 6.75. The standard InChI is InChI=1S/C21H28ClN5O/c1-3-23-21(24-12-10-16-8-9-20(22)25-14-16)26-17-11-13-27(15-17)18-6-4-5-7-19(18)28-2/h4-9,14,17H,3,10-13,15H2,1-2H3,(H2,23,24,26). The molecule has 1 fully saturated rings. The Balaban J connectivity index is 1.56. The van der Waals surface area contributed by atoms with E-state index in [2.05, 4.69) is 39.6 Å². The van der Waals surface area contributed by atoms with Crippen LogP contribution in [0.2, 0.25) is 5.15 Å². The minimum Gasteiger partial charge on any atom is -0.495 e. The van der Waals surface area contributed by atoms with E-state index in [0.29, 0.717) is 17.7 Å². The first kappa shape index (κ1) is 20.3. The van der Waals surface area contributed by atoms with Crippen LogP contribution < -0.4 is 20.3 Å². The van der Waals surface area contributed by atoms with E-state index in [4.69, 9.17) is 21.3 Å². The molecule has 0 saturated carbocycles. The van der Waals surface area contributed by atoms with E-state index in [1.165, 1.54) is 0 Å². The molecule has 2 heterocycles. The van der Waals surface area contributed by atoms with Gasteiger partial charge in [0.05, 0.1) is 12.8 Å². The zero-order valence-corrected chi connectivity index (χ0v) is 17.2. The Hall–Kier alpha value is -2.47. The number of hydrogen-bond donors (Lipinski definition) is 2. The van der Waals surface area contributed by atoms with Gasteiger partial charge in [-0.1, -0.05) is 29.8 Å². The number of benzene rings is 1. The quantitative estimate of drug-likeness (QED) is 0.424. The van der Waals surface area contributed by atoms with Crippen molar-refractivity contribution in [3.05, 3.63) is 53.3 Å². The molecule has 1 atom stereocenters. The van der Waals surface area contributed by atoms with E-state index in [-0.39, 0.29) is 0 Å². The number of aliphatic imine (C=N–C) groups is 1. The van der Waals surface area contributed by atoms with Crippen molar-refractivity contribution in [1.29, 1.82) is 0 Å². The third-order valence-electron chi connectivity index (χ3n) is 4.76. The molecule has 2 N–H and O–H groups in total. The summed E-state index contributed by atoms with van der Waals surface area (Å²) in [4.78, 5) is 11.2. The molecule has 3 rings (SSSR count). The molecule has 1 aliphatic rings. The summed E-state index contributed by atoms with van der Waals surface area (Å²) < 4.78 is 5.50. The first-order chi connectivity index (χ1) is 13.7. The molecule has 1 aromatic carbocycles. The molecule has 1 aromatic heterocycles. The summed E-state index contributed by atoms with van der Waals surface area (Å²) in [6.45, 7) is 5.52. The van der Waals surface area contributed by atoms with Crippen LogP contribution in [0.4, 0.5) is 5.69 Å². The maximum Gasteiger partial charge on any atom is 0.191 e. The Morgan fingerprint density at radius 1 is 1.32 bits per heavy atom. The second-order valence-corrected chi connectivity index (χ2v) is 7.13. The van der Waals surface area contributed by atoms with Crippen LogP contribution in [0.25, 0.3) is 0 Å². The van der Waals surface area contributed by atoms with E-state index in [0.717, 1.165) is 55.4 Å². The summed E-state index contributed by atoms with van der Waals surface area (Å²) in [6.07, 6.45) is 3.70. The summed E-state index contributed by atoms with van der Waals surface area (Å²) in [5, 5.41) is 7.43. The Kier molecular flexibility index (Phi) is 7.37. The molecule has 1 aliphatic heterocycles. The lowest BCUT2D eigenvalue weighted by Crippen LogP contribution is -2.44. The van der Waals surface area contributed by atoms with Crippen LogP contribution in [0, 0.1) is 0 Å². The average Bonchev–Trinajstić information content (AvgIpc) is 3.18. The molecule has 0 radical (unpaired) electrons. The maximum atomic E-state index is 5.84. The average molecular weight is 402 g/mol. The van der Waals surface area contributed by atoms with Gasteiger partial charge in [0.15, 0.2) is 5.96 Å². The summed E-state index contributed by atoms with van der Waals surface area (Å²) in [7, 11) is 1.72. The van der Waals surface area contributed by atoms with Crippen LogP contribution in [0.1, 0.15) is 18.9 Å². The van der Waals surface area contributed by atoms with Crippen molar-refractivity contribution in [3.63, 3.8) is 0 Å². The number of rotatable bonds is 7. The van der Waals surface area contributed by atoms with Crippen molar-refractivity contribution in [2.75, 3.05) is 38.2 Å². The molecule has 150 valence electrons. The van der Waals surface area contributed by atoms with Gasteiger partial charge >= 0.3 is 0 Å². The lowest BCUT2D eigenvalue weighted by atomic mass is 10.2. The second kappa shape index (κ2) is 10.2. The number of methoxy groups -OCH3 is 1. The smallest absolute Gasteiger partial charge is 0.191 e. The minimum atomic E-state index is 0.347. The summed E-state index contributed by atoms with van der Waals surface area (Å²) in [5.74, 6) is 1.77. The fourth-order valence-corrected chi connectivity index (χ4v) is 3.46. The Morgan fingerprint density at radius 3 is 2.93 bits per heavy atom. The third kappa shape index (κ3) is 5.52. The van der Waals surface area contributed by atoms with Crippen LogP contribution in [0.5, 0.6) is 5.75 Å². The van der Waals surface area contributed by atoms with Gasteiger partial charge in [-0.2, -0.15) is 0 Å². The van der Waals surface area contributed by atoms with Gasteiger partial charge in [-0.25, -0.2) is 4.98 Å². The molecular weight excluding hydrogens is 374 g/mol. The molecule has 7 heteroatoms. The van der Waals surface area contributed by atoms with Crippen molar-refractivity contribution in [1.82, 2.24) is 15.6 Å². The highest BCUT2D eigenvalue weighted by molar-refractivity contribution is 6.29. The van der Waals surface area contributed by atoms with Gasteiger partial charge in [-0.05, 0) is 43.5 Å². The number of nitrogens with one attached hydrogen (secondary N) is 2. The van der Waals surface area contributed by atoms with Gasteiger partial charge in [-0.15, -0.1) is 0 Å². The highest BCUT2D eigenvalue weighted by atomic mass is 35.5. The zero-order chi connectivity index (χ0) is 19.8. The van der Waals surface area contributed by atoms with Gasteiger partial charge in [0, 0.05) is 38.4 Å². The monoisotopic (exact) mass is 401 g/mol. The molecule has 0 spiro atoms. The molecule has 28 heavy (non-hydrogen) atoms. The first-order valence-corrected chi connectivity index (χ1v) is 10.1. The predicted octanol–water partition coefficient (Wildman–Crippen LogP) is 3.12. The molecule has 2 aromatic rings. The maximum absolute atomic E-state index is 5.84. The Labute approximate surface area is 172 Å². The van der Waals surface area contributed by atoms with E-state index in [1.807, 2.05) is 24.3 Å². The van der Waals surface area contributed by atoms with Crippen LogP contribution in [0.15, 0.2) is 47.6 Å². The summed E-state index contributed by atoms with van der Waals surface area (Å²) in [6, 6.07) is 12.3. The van der Waals surface area contributed by atoms with Crippen LogP contribution in [-0.4, -0.2) is 50.3 Å². The highest BCUT2D eigenvalue weighted by Crippen LogP contribution is 2.30. The van der Waals surface area contributed by atoms with Crippen LogP contribution >= 0.6 is 11.6 Å². The van der Waals surface area contributed by atoms with Crippen molar-refractivity contribution in [2.24, 2.45) is 4.99 Å². The topological polar surface area (TPSA) is 61.8 Å². The number of aromatic nitrogens is 1. The molecule has 0 bridgehead atoms. The number of halogens is 1. The Morgan fingerprint density at radius 2 is 2.18 bits per heavy atom. The van der Waals surface area contributed by atoms with Gasteiger partial charge in [0.1, 0.15) is 10.9 Å². The van der Waals surface area contributed by atoms with Crippen LogP contribution in [0.3, 0.4) is 0 Å². The summed E-state index contributed by atoms with van der Waals surface area (Å²) >= 11 is 5.84. The van der Waals surface area contributed by atoms with E-state index in [9.17, 15) is 0 Å². The summed E-state index contributed by atoms with van der Waals surface area (Å²) in [5.41, 5.74) is 2.28. The van der Waals surface area contributed by atoms with E-state index < -0.39 is 0 Å². The van der Waals surface area contributed by atoms with Crippen LogP contribution in [-0.2, 0) is 6.42 Å². The number of guanidine groups is 1. The van der Waals surface area contributed by atoms with Crippen molar-refractivity contribution < 1.29 is 4.74 Å². The number of para-hydroxylation sites is 2. The molecule has 0 amide bonds. The van der Waals surface area contributed by atoms with Gasteiger partial charge in [-0.3, -0.25) is 4.99 Å². The number of hydrogen-bond acceptors (Lipinski definition) is 4. The number of ether oxygens (including phenoxy) is 1. The molecule has 1 unspecified atom stereocenters. The molecule has 1 saturated heterocycles. The fraction of sp³-hybridized carbons (Fsp3) is 0.429. The fourth-order valence-electron chi connectivity index (χ4n) is 3.35. The van der Waals surface area contributed by atoms with E-state index >= 15 is 0 Å². The predicted molar refractivity (Wildman–Crippen MR) is 116 cm³/mol. The minimum absolute atomic E-state index is 0.347. The SMILES string of the molecule is CCNC(=NCCc1ccc(Cl)nc1)NC1CCN(c2ccccc2OC)C1. The zero-order valence-electron chi connectivity index (χ0n) is 16.5. The molecule has 6 nitrogen and oxygen atoms in total. The lowest BCUT2D eigenvalue weighted by Gasteiger charge is -2.22. The van der Waals surface area contributed by atoms with Gasteiger partial charge < -0.3 is 20.3 Å². The number of nitrogens with zero attached hydrogens (tertiary/aromatic N) is 3. The third-order valence-corrected chi connectivity index (χ3v) is 4.98. The highest BCUT2D eigenvalue weighted by Gasteiger charge is 2.25.